The molecule has 0 bridgehead atoms. The van der Waals surface area contributed by atoms with Gasteiger partial charge in [0.25, 0.3) is 0 Å². The van der Waals surface area contributed by atoms with Gasteiger partial charge in [0, 0.05) is 11.6 Å². The summed E-state index contributed by atoms with van der Waals surface area (Å²) in [5.41, 5.74) is 0.923. The Hall–Kier alpha value is -0.570. The molecule has 1 aromatic carbocycles. The number of hydrogen-bond donors (Lipinski definition) is 1. The molecule has 15 heavy (non-hydrogen) atoms. The number of aliphatic hydroxyl groups is 1. The minimum atomic E-state index is -0.429. The Morgan fingerprint density at radius 3 is 2.20 bits per heavy atom. The third-order valence-electron chi connectivity index (χ3n) is 2.58. The minimum absolute atomic E-state index is 0.429. The number of benzene rings is 1. The second kappa shape index (κ2) is 6.11. The molecule has 0 spiro atoms. The van der Waals surface area contributed by atoms with Gasteiger partial charge >= 0.3 is 0 Å². The van der Waals surface area contributed by atoms with Crippen molar-refractivity contribution < 1.29 is 5.11 Å². The van der Waals surface area contributed by atoms with Crippen LogP contribution in [0.1, 0.15) is 25.5 Å². The summed E-state index contributed by atoms with van der Waals surface area (Å²) in [6.45, 7) is 6.78. The average Bonchev–Trinajstić information content (AvgIpc) is 2.26. The van der Waals surface area contributed by atoms with Gasteiger partial charge in [-0.15, -0.1) is 0 Å². The molecule has 2 nitrogen and oxygen atoms in total. The van der Waals surface area contributed by atoms with E-state index >= 15 is 0 Å². The van der Waals surface area contributed by atoms with Crippen LogP contribution in [0.4, 0.5) is 0 Å². The Morgan fingerprint density at radius 1 is 1.20 bits per heavy atom. The molecule has 0 aromatic heterocycles. The molecule has 0 aliphatic carbocycles. The van der Waals surface area contributed by atoms with Crippen molar-refractivity contribution >= 4 is 11.6 Å². The maximum atomic E-state index is 9.96. The van der Waals surface area contributed by atoms with Crippen molar-refractivity contribution in [2.75, 3.05) is 19.6 Å². The molecule has 0 radical (unpaired) electrons. The summed E-state index contributed by atoms with van der Waals surface area (Å²) < 4.78 is 0. The van der Waals surface area contributed by atoms with Crippen molar-refractivity contribution in [3.8, 4) is 0 Å². The molecule has 1 aromatic rings. The van der Waals surface area contributed by atoms with Gasteiger partial charge in [-0.1, -0.05) is 37.6 Å². The predicted octanol–water partition coefficient (Wildman–Crippen LogP) is 2.72. The summed E-state index contributed by atoms with van der Waals surface area (Å²) >= 11 is 5.78. The predicted molar refractivity (Wildman–Crippen MR) is 64.2 cm³/mol. The maximum absolute atomic E-state index is 9.96. The highest BCUT2D eigenvalue weighted by Crippen LogP contribution is 2.17. The number of rotatable bonds is 5. The van der Waals surface area contributed by atoms with Gasteiger partial charge in [-0.2, -0.15) is 0 Å². The van der Waals surface area contributed by atoms with Crippen LogP contribution in [0.25, 0.3) is 0 Å². The number of hydrogen-bond acceptors (Lipinski definition) is 2. The fourth-order valence-corrected chi connectivity index (χ4v) is 1.64. The quantitative estimate of drug-likeness (QED) is 0.836. The van der Waals surface area contributed by atoms with Crippen molar-refractivity contribution in [3.63, 3.8) is 0 Å². The summed E-state index contributed by atoms with van der Waals surface area (Å²) in [5.74, 6) is 0. The average molecular weight is 228 g/mol. The monoisotopic (exact) mass is 227 g/mol. The van der Waals surface area contributed by atoms with Gasteiger partial charge in [0.15, 0.2) is 0 Å². The normalized spacial score (nSPS) is 13.1. The number of aliphatic hydroxyl groups excluding tert-OH is 1. The Balaban J connectivity index is 2.60. The topological polar surface area (TPSA) is 23.5 Å². The largest absolute Gasteiger partial charge is 0.387 e. The van der Waals surface area contributed by atoms with Gasteiger partial charge in [-0.05, 0) is 30.8 Å². The van der Waals surface area contributed by atoms with Crippen LogP contribution in [0.3, 0.4) is 0 Å². The summed E-state index contributed by atoms with van der Waals surface area (Å²) in [5, 5.41) is 10.7. The zero-order valence-corrected chi connectivity index (χ0v) is 10.0. The smallest absolute Gasteiger partial charge is 0.0916 e. The fourth-order valence-electron chi connectivity index (χ4n) is 1.52. The van der Waals surface area contributed by atoms with Gasteiger partial charge in [0.2, 0.25) is 0 Å². The van der Waals surface area contributed by atoms with E-state index in [1.165, 1.54) is 0 Å². The third kappa shape index (κ3) is 3.82. The molecule has 0 amide bonds. The molecule has 3 heteroatoms. The highest BCUT2D eigenvalue weighted by molar-refractivity contribution is 6.30. The van der Waals surface area contributed by atoms with E-state index in [-0.39, 0.29) is 0 Å². The van der Waals surface area contributed by atoms with Crippen LogP contribution in [0, 0.1) is 0 Å². The Bertz CT molecular complexity index is 282. The molecule has 0 aliphatic rings. The lowest BCUT2D eigenvalue weighted by Crippen LogP contribution is -2.28. The van der Waals surface area contributed by atoms with Crippen LogP contribution in [-0.2, 0) is 0 Å². The maximum Gasteiger partial charge on any atom is 0.0916 e. The molecular formula is C12H18ClNO. The fraction of sp³-hybridized carbons (Fsp3) is 0.500. The van der Waals surface area contributed by atoms with Crippen LogP contribution in [0.5, 0.6) is 0 Å². The van der Waals surface area contributed by atoms with Gasteiger partial charge in [-0.25, -0.2) is 0 Å². The molecule has 1 rings (SSSR count). The van der Waals surface area contributed by atoms with Crippen molar-refractivity contribution in [1.29, 1.82) is 0 Å². The summed E-state index contributed by atoms with van der Waals surface area (Å²) in [4.78, 5) is 2.19. The number of nitrogens with zero attached hydrogens (tertiary/aromatic N) is 1. The Labute approximate surface area is 96.5 Å². The first-order valence-electron chi connectivity index (χ1n) is 5.33. The SMILES string of the molecule is CCN(CC)C[C@@H](O)c1ccc(Cl)cc1. The van der Waals surface area contributed by atoms with Crippen LogP contribution < -0.4 is 0 Å². The van der Waals surface area contributed by atoms with Crippen LogP contribution in [0.15, 0.2) is 24.3 Å². The second-order valence-corrected chi connectivity index (χ2v) is 3.99. The van der Waals surface area contributed by atoms with Crippen molar-refractivity contribution in [3.05, 3.63) is 34.9 Å². The highest BCUT2D eigenvalue weighted by atomic mass is 35.5. The molecule has 0 saturated heterocycles. The van der Waals surface area contributed by atoms with Gasteiger partial charge in [-0.3, -0.25) is 0 Å². The van der Waals surface area contributed by atoms with E-state index in [2.05, 4.69) is 18.7 Å². The van der Waals surface area contributed by atoms with E-state index in [1.807, 2.05) is 24.3 Å². The minimum Gasteiger partial charge on any atom is -0.387 e. The first-order chi connectivity index (χ1) is 7.17. The first kappa shape index (κ1) is 12.5. The van der Waals surface area contributed by atoms with E-state index in [0.29, 0.717) is 11.6 Å². The van der Waals surface area contributed by atoms with Gasteiger partial charge in [0.1, 0.15) is 0 Å². The lowest BCUT2D eigenvalue weighted by atomic mass is 10.1. The van der Waals surface area contributed by atoms with Crippen LogP contribution >= 0.6 is 11.6 Å². The molecule has 0 saturated carbocycles. The Morgan fingerprint density at radius 2 is 1.73 bits per heavy atom. The van der Waals surface area contributed by atoms with Crippen molar-refractivity contribution in [1.82, 2.24) is 4.90 Å². The molecule has 0 aliphatic heterocycles. The lowest BCUT2D eigenvalue weighted by Gasteiger charge is -2.22. The van der Waals surface area contributed by atoms with Gasteiger partial charge in [0.05, 0.1) is 6.10 Å². The number of halogens is 1. The third-order valence-corrected chi connectivity index (χ3v) is 2.83. The van der Waals surface area contributed by atoms with Crippen molar-refractivity contribution in [2.45, 2.75) is 20.0 Å². The van der Waals surface area contributed by atoms with E-state index in [1.54, 1.807) is 0 Å². The lowest BCUT2D eigenvalue weighted by molar-refractivity contribution is 0.119. The van der Waals surface area contributed by atoms with E-state index < -0.39 is 6.10 Å². The summed E-state index contributed by atoms with van der Waals surface area (Å²) in [7, 11) is 0. The van der Waals surface area contributed by atoms with Crippen LogP contribution in [0.2, 0.25) is 5.02 Å². The second-order valence-electron chi connectivity index (χ2n) is 3.55. The van der Waals surface area contributed by atoms with E-state index in [0.717, 1.165) is 18.7 Å². The molecule has 0 unspecified atom stereocenters. The van der Waals surface area contributed by atoms with Crippen LogP contribution in [-0.4, -0.2) is 29.6 Å². The van der Waals surface area contributed by atoms with Crippen molar-refractivity contribution in [2.24, 2.45) is 0 Å². The van der Waals surface area contributed by atoms with Gasteiger partial charge < -0.3 is 10.0 Å². The summed E-state index contributed by atoms with van der Waals surface area (Å²) in [6, 6.07) is 7.36. The highest BCUT2D eigenvalue weighted by Gasteiger charge is 2.10. The first-order valence-corrected chi connectivity index (χ1v) is 5.71. The molecule has 84 valence electrons. The van der Waals surface area contributed by atoms with E-state index in [9.17, 15) is 5.11 Å². The Kier molecular flexibility index (Phi) is 5.09. The zero-order chi connectivity index (χ0) is 11.3. The van der Waals surface area contributed by atoms with E-state index in [4.69, 9.17) is 11.6 Å². The molecule has 1 N–H and O–H groups in total. The molecule has 1 atom stereocenters. The molecular weight excluding hydrogens is 210 g/mol. The summed E-state index contributed by atoms with van der Waals surface area (Å²) in [6.07, 6.45) is -0.429. The molecule has 0 heterocycles. The zero-order valence-electron chi connectivity index (χ0n) is 9.28. The molecule has 0 fully saturated rings. The standard InChI is InChI=1S/C12H18ClNO/c1-3-14(4-2)9-12(15)10-5-7-11(13)8-6-10/h5-8,12,15H,3-4,9H2,1-2H3/t12-/m1/s1. The number of likely N-dealkylation sites (N-methyl/N-ethyl adjacent to an activating group) is 1.